The Morgan fingerprint density at radius 1 is 1.00 bits per heavy atom. The quantitative estimate of drug-likeness (QED) is 0.400. The first-order valence-corrected chi connectivity index (χ1v) is 14.8. The summed E-state index contributed by atoms with van der Waals surface area (Å²) in [5, 5.41) is 12.4. The van der Waals surface area contributed by atoms with Gasteiger partial charge in [-0.1, -0.05) is 33.1 Å². The minimum Gasteiger partial charge on any atom is -0.394 e. The third kappa shape index (κ3) is 7.24. The number of amides is 3. The van der Waals surface area contributed by atoms with Crippen molar-refractivity contribution < 1.29 is 33.0 Å². The summed E-state index contributed by atoms with van der Waals surface area (Å²) in [5.41, 5.74) is 0.652. The summed E-state index contributed by atoms with van der Waals surface area (Å²) in [6.07, 6.45) is 5.74. The van der Waals surface area contributed by atoms with Gasteiger partial charge < -0.3 is 29.5 Å². The number of benzene rings is 1. The fourth-order valence-corrected chi connectivity index (χ4v) is 5.81. The zero-order valence-corrected chi connectivity index (χ0v) is 24.0. The molecule has 1 aliphatic heterocycles. The number of carbonyl (C=O) groups is 3. The largest absolute Gasteiger partial charge is 0.394 e. The Labute approximate surface area is 239 Å². The van der Waals surface area contributed by atoms with Gasteiger partial charge in [0.15, 0.2) is 11.6 Å². The Hall–Kier alpha value is -3.05. The number of ether oxygens (including phenoxy) is 1. The zero-order valence-electron chi connectivity index (χ0n) is 24.0. The van der Waals surface area contributed by atoms with Gasteiger partial charge in [-0.2, -0.15) is 0 Å². The highest BCUT2D eigenvalue weighted by molar-refractivity contribution is 5.99. The third-order valence-electron chi connectivity index (χ3n) is 8.48. The molecule has 2 heterocycles. The molecule has 2 fully saturated rings. The molecular formula is C30H42F2N4O5. The molecule has 2 aromatic rings. The molecule has 226 valence electrons. The maximum atomic E-state index is 14.1. The topological polar surface area (TPSA) is 104 Å². The number of fused-ring (bicyclic) bond motifs is 1. The Morgan fingerprint density at radius 3 is 2.32 bits per heavy atom. The van der Waals surface area contributed by atoms with Gasteiger partial charge in [0.25, 0.3) is 5.91 Å². The highest BCUT2D eigenvalue weighted by Crippen LogP contribution is 2.29. The summed E-state index contributed by atoms with van der Waals surface area (Å²) in [6.45, 7) is 5.44. The number of halogens is 2. The molecule has 11 heteroatoms. The molecule has 2 N–H and O–H groups in total. The first kappa shape index (κ1) is 30.9. The lowest BCUT2D eigenvalue weighted by Gasteiger charge is -2.39. The van der Waals surface area contributed by atoms with E-state index in [4.69, 9.17) is 9.84 Å². The second kappa shape index (κ2) is 14.2. The van der Waals surface area contributed by atoms with E-state index in [9.17, 15) is 23.2 Å². The van der Waals surface area contributed by atoms with Crippen LogP contribution in [0.15, 0.2) is 18.2 Å². The lowest BCUT2D eigenvalue weighted by atomic mass is 9.83. The fourth-order valence-electron chi connectivity index (χ4n) is 5.81. The number of aliphatic hydroxyl groups excluding tert-OH is 1. The van der Waals surface area contributed by atoms with Gasteiger partial charge in [0.2, 0.25) is 11.8 Å². The van der Waals surface area contributed by atoms with Gasteiger partial charge in [0.1, 0.15) is 11.7 Å². The molecule has 1 aromatic heterocycles. The third-order valence-corrected chi connectivity index (χ3v) is 8.48. The minimum atomic E-state index is -1.01. The van der Waals surface area contributed by atoms with Gasteiger partial charge in [-0.05, 0) is 37.3 Å². The van der Waals surface area contributed by atoms with Crippen molar-refractivity contribution in [2.24, 2.45) is 11.8 Å². The fraction of sp³-hybridized carbons (Fsp3) is 0.633. The normalized spacial score (nSPS) is 18.0. The minimum absolute atomic E-state index is 0.0956. The molecule has 0 spiro atoms. The molecule has 4 rings (SSSR count). The van der Waals surface area contributed by atoms with E-state index in [0.29, 0.717) is 43.5 Å². The van der Waals surface area contributed by atoms with Crippen molar-refractivity contribution >= 4 is 28.6 Å². The Balaban J connectivity index is 1.47. The van der Waals surface area contributed by atoms with Gasteiger partial charge in [0, 0.05) is 50.1 Å². The van der Waals surface area contributed by atoms with E-state index in [1.54, 1.807) is 20.4 Å². The predicted molar refractivity (Wildman–Crippen MR) is 150 cm³/mol. The predicted octanol–water partition coefficient (Wildman–Crippen LogP) is 3.32. The Bertz CT molecular complexity index is 1220. The number of rotatable bonds is 11. The molecule has 2 aliphatic rings. The molecule has 1 aromatic carbocycles. The second-order valence-corrected chi connectivity index (χ2v) is 11.2. The van der Waals surface area contributed by atoms with Crippen LogP contribution in [-0.4, -0.2) is 89.2 Å². The van der Waals surface area contributed by atoms with E-state index in [1.807, 2.05) is 13.8 Å². The van der Waals surface area contributed by atoms with Crippen LogP contribution in [0, 0.1) is 23.5 Å². The number of carbonyl (C=O) groups excluding carboxylic acids is 3. The van der Waals surface area contributed by atoms with Crippen LogP contribution in [0.4, 0.5) is 8.78 Å². The summed E-state index contributed by atoms with van der Waals surface area (Å²) in [7, 11) is 0. The van der Waals surface area contributed by atoms with E-state index in [-0.39, 0.29) is 61.6 Å². The molecule has 0 unspecified atom stereocenters. The number of aliphatic hydroxyl groups is 1. The van der Waals surface area contributed by atoms with Gasteiger partial charge in [0.05, 0.1) is 25.3 Å². The van der Waals surface area contributed by atoms with E-state index >= 15 is 0 Å². The summed E-state index contributed by atoms with van der Waals surface area (Å²) in [5.74, 6) is -2.57. The van der Waals surface area contributed by atoms with Crippen molar-refractivity contribution in [2.45, 2.75) is 65.0 Å². The highest BCUT2D eigenvalue weighted by atomic mass is 19.2. The molecular weight excluding hydrogens is 534 g/mol. The second-order valence-electron chi connectivity index (χ2n) is 11.2. The Kier molecular flexibility index (Phi) is 10.7. The smallest absolute Gasteiger partial charge is 0.270 e. The van der Waals surface area contributed by atoms with Crippen LogP contribution >= 0.6 is 0 Å². The number of nitrogens with zero attached hydrogens (tertiary/aromatic N) is 3. The number of hydrogen-bond acceptors (Lipinski definition) is 5. The van der Waals surface area contributed by atoms with Crippen molar-refractivity contribution in [3.63, 3.8) is 0 Å². The summed E-state index contributed by atoms with van der Waals surface area (Å²) >= 11 is 0. The van der Waals surface area contributed by atoms with E-state index in [0.717, 1.165) is 44.2 Å². The monoisotopic (exact) mass is 576 g/mol. The van der Waals surface area contributed by atoms with Crippen molar-refractivity contribution in [2.75, 3.05) is 46.0 Å². The van der Waals surface area contributed by atoms with Gasteiger partial charge >= 0.3 is 0 Å². The number of piperazine rings is 1. The molecule has 2 atom stereocenters. The van der Waals surface area contributed by atoms with E-state index in [1.165, 1.54) is 0 Å². The maximum absolute atomic E-state index is 14.1. The number of hydrogen-bond donors (Lipinski definition) is 2. The van der Waals surface area contributed by atoms with Crippen molar-refractivity contribution in [3.05, 3.63) is 35.5 Å². The number of aromatic nitrogens is 1. The van der Waals surface area contributed by atoms with E-state index < -0.39 is 17.7 Å². The van der Waals surface area contributed by atoms with Crippen LogP contribution in [0.2, 0.25) is 0 Å². The van der Waals surface area contributed by atoms with Crippen molar-refractivity contribution in [1.82, 2.24) is 19.7 Å². The summed E-state index contributed by atoms with van der Waals surface area (Å²) in [4.78, 5) is 43.5. The van der Waals surface area contributed by atoms with Crippen LogP contribution in [0.5, 0.6) is 0 Å². The molecule has 0 bridgehead atoms. The van der Waals surface area contributed by atoms with E-state index in [2.05, 4.69) is 5.32 Å². The first-order chi connectivity index (χ1) is 19.7. The molecule has 41 heavy (non-hydrogen) atoms. The standard InChI is InChI=1S/C30H42F2N4O5/c1-3-20(2)28(38)33-27(21-7-5-4-6-8-21)30(40)35-11-9-34(10-12-35)29(39)26-18-22-17-23(31)24(32)19-25(22)36(26)13-15-41-16-14-37/h17-21,27,37H,3-16H2,1-2H3,(H,33,38)/t20-,27+/m1/s1. The van der Waals surface area contributed by atoms with Crippen LogP contribution in [0.3, 0.4) is 0 Å². The zero-order chi connectivity index (χ0) is 29.5. The Morgan fingerprint density at radius 2 is 1.66 bits per heavy atom. The lowest BCUT2D eigenvalue weighted by Crippen LogP contribution is -2.58. The molecule has 1 saturated heterocycles. The molecule has 0 radical (unpaired) electrons. The number of nitrogens with one attached hydrogen (secondary N) is 1. The first-order valence-electron chi connectivity index (χ1n) is 14.8. The van der Waals surface area contributed by atoms with Crippen LogP contribution in [0.1, 0.15) is 62.9 Å². The average molecular weight is 577 g/mol. The molecule has 9 nitrogen and oxygen atoms in total. The van der Waals surface area contributed by atoms with Gasteiger partial charge in [-0.15, -0.1) is 0 Å². The van der Waals surface area contributed by atoms with Crippen LogP contribution < -0.4 is 5.32 Å². The van der Waals surface area contributed by atoms with Crippen molar-refractivity contribution in [1.29, 1.82) is 0 Å². The average Bonchev–Trinajstić information content (AvgIpc) is 3.34. The van der Waals surface area contributed by atoms with Crippen molar-refractivity contribution in [3.8, 4) is 0 Å². The van der Waals surface area contributed by atoms with Gasteiger partial charge in [-0.3, -0.25) is 14.4 Å². The molecule has 1 saturated carbocycles. The SMILES string of the molecule is CC[C@@H](C)C(=O)N[C@H](C(=O)N1CCN(C(=O)c2cc3cc(F)c(F)cc3n2CCOCCO)CC1)C1CCCCC1. The van der Waals surface area contributed by atoms with Crippen LogP contribution in [-0.2, 0) is 20.9 Å². The lowest BCUT2D eigenvalue weighted by molar-refractivity contribution is -0.140. The van der Waals surface area contributed by atoms with Gasteiger partial charge in [-0.25, -0.2) is 8.78 Å². The summed E-state index contributed by atoms with van der Waals surface area (Å²) in [6, 6.07) is 3.13. The van der Waals surface area contributed by atoms with Crippen LogP contribution in [0.25, 0.3) is 10.9 Å². The molecule has 1 aliphatic carbocycles. The molecule has 3 amide bonds. The summed E-state index contributed by atoms with van der Waals surface area (Å²) < 4.78 is 35.0. The maximum Gasteiger partial charge on any atom is 0.270 e. The highest BCUT2D eigenvalue weighted by Gasteiger charge is 2.36.